The molecule has 0 spiro atoms. The molecule has 1 rings (SSSR count). The van der Waals surface area contributed by atoms with Crippen LogP contribution in [0.2, 0.25) is 0 Å². The van der Waals surface area contributed by atoms with Crippen molar-refractivity contribution >= 4 is 34.8 Å². The second kappa shape index (κ2) is 3.44. The number of aromatic nitrogens is 2. The SMILES string of the molecule is CCc1cn(C)nc1C(Cl)(Cl)Cl. The minimum Gasteiger partial charge on any atom is -0.275 e. The van der Waals surface area contributed by atoms with Crippen molar-refractivity contribution in [1.29, 1.82) is 0 Å². The van der Waals surface area contributed by atoms with Crippen molar-refractivity contribution in [1.82, 2.24) is 9.78 Å². The lowest BCUT2D eigenvalue weighted by molar-refractivity contribution is 0.748. The van der Waals surface area contributed by atoms with Gasteiger partial charge in [-0.1, -0.05) is 41.7 Å². The van der Waals surface area contributed by atoms with Crippen molar-refractivity contribution in [2.24, 2.45) is 7.05 Å². The molecule has 0 saturated heterocycles. The van der Waals surface area contributed by atoms with Crippen LogP contribution in [-0.2, 0) is 17.3 Å². The van der Waals surface area contributed by atoms with Crippen LogP contribution < -0.4 is 0 Å². The maximum atomic E-state index is 5.71. The Morgan fingerprint density at radius 1 is 1.50 bits per heavy atom. The number of alkyl halides is 3. The molecule has 1 aromatic rings. The highest BCUT2D eigenvalue weighted by molar-refractivity contribution is 6.66. The van der Waals surface area contributed by atoms with Gasteiger partial charge in [-0.25, -0.2) is 0 Å². The van der Waals surface area contributed by atoms with E-state index in [9.17, 15) is 0 Å². The zero-order chi connectivity index (χ0) is 9.35. The maximum absolute atomic E-state index is 5.71. The molecule has 0 unspecified atom stereocenters. The third-order valence-electron chi connectivity index (χ3n) is 1.55. The van der Waals surface area contributed by atoms with E-state index in [1.54, 1.807) is 11.7 Å². The summed E-state index contributed by atoms with van der Waals surface area (Å²) in [6.07, 6.45) is 2.67. The van der Waals surface area contributed by atoms with Crippen LogP contribution in [0, 0.1) is 0 Å². The van der Waals surface area contributed by atoms with Crippen molar-refractivity contribution in [2.45, 2.75) is 17.1 Å². The van der Waals surface area contributed by atoms with E-state index in [-0.39, 0.29) is 0 Å². The van der Waals surface area contributed by atoms with Crippen molar-refractivity contribution in [3.8, 4) is 0 Å². The second-order valence-electron chi connectivity index (χ2n) is 2.53. The van der Waals surface area contributed by atoms with Gasteiger partial charge in [-0.15, -0.1) is 0 Å². The van der Waals surface area contributed by atoms with Crippen LogP contribution in [0.3, 0.4) is 0 Å². The summed E-state index contributed by atoms with van der Waals surface area (Å²) in [5.74, 6) is 0. The van der Waals surface area contributed by atoms with Crippen LogP contribution in [-0.4, -0.2) is 9.78 Å². The van der Waals surface area contributed by atoms with Crippen LogP contribution in [0.25, 0.3) is 0 Å². The molecule has 0 radical (unpaired) electrons. The standard InChI is InChI=1S/C7H9Cl3N2/c1-3-5-4-12(2)11-6(5)7(8,9)10/h4H,3H2,1-2H3. The summed E-state index contributed by atoms with van der Waals surface area (Å²) in [4.78, 5) is 0. The summed E-state index contributed by atoms with van der Waals surface area (Å²) in [6, 6.07) is 0. The fourth-order valence-electron chi connectivity index (χ4n) is 1.03. The summed E-state index contributed by atoms with van der Waals surface area (Å²) >= 11 is 17.1. The van der Waals surface area contributed by atoms with Crippen molar-refractivity contribution in [2.75, 3.05) is 0 Å². The molecule has 0 saturated carbocycles. The lowest BCUT2D eigenvalue weighted by Crippen LogP contribution is -2.04. The lowest BCUT2D eigenvalue weighted by Gasteiger charge is -2.08. The molecule has 0 amide bonds. The van der Waals surface area contributed by atoms with E-state index in [1.165, 1.54) is 0 Å². The molecule has 0 N–H and O–H groups in total. The number of nitrogens with zero attached hydrogens (tertiary/aromatic N) is 2. The third kappa shape index (κ3) is 2.06. The number of rotatable bonds is 1. The predicted molar refractivity (Wildman–Crippen MR) is 51.8 cm³/mol. The molecule has 1 aromatic heterocycles. The zero-order valence-electron chi connectivity index (χ0n) is 6.81. The van der Waals surface area contributed by atoms with E-state index in [2.05, 4.69) is 5.10 Å². The summed E-state index contributed by atoms with van der Waals surface area (Å²) < 4.78 is 0.239. The molecular weight excluding hydrogens is 218 g/mol. The highest BCUT2D eigenvalue weighted by Gasteiger charge is 2.28. The number of aryl methyl sites for hydroxylation is 2. The molecular formula is C7H9Cl3N2. The van der Waals surface area contributed by atoms with Crippen LogP contribution in [0.4, 0.5) is 0 Å². The van der Waals surface area contributed by atoms with E-state index in [4.69, 9.17) is 34.8 Å². The molecule has 0 atom stereocenters. The molecule has 0 aromatic carbocycles. The summed E-state index contributed by atoms with van der Waals surface area (Å²) in [7, 11) is 1.80. The minimum atomic E-state index is -1.41. The van der Waals surface area contributed by atoms with Gasteiger partial charge >= 0.3 is 0 Å². The van der Waals surface area contributed by atoms with Crippen LogP contribution >= 0.6 is 34.8 Å². The molecule has 5 heteroatoms. The smallest absolute Gasteiger partial charge is 0.234 e. The van der Waals surface area contributed by atoms with Crippen LogP contribution in [0.1, 0.15) is 18.2 Å². The summed E-state index contributed by atoms with van der Waals surface area (Å²) in [5, 5.41) is 4.07. The molecule has 0 aliphatic carbocycles. The quantitative estimate of drug-likeness (QED) is 0.675. The fraction of sp³-hybridized carbons (Fsp3) is 0.571. The molecule has 0 aliphatic rings. The minimum absolute atomic E-state index is 0.525. The largest absolute Gasteiger partial charge is 0.275 e. The Bertz CT molecular complexity index is 275. The Labute approximate surface area is 86.4 Å². The third-order valence-corrected chi connectivity index (χ3v) is 2.09. The molecule has 12 heavy (non-hydrogen) atoms. The maximum Gasteiger partial charge on any atom is 0.234 e. The van der Waals surface area contributed by atoms with E-state index in [1.807, 2.05) is 13.1 Å². The van der Waals surface area contributed by atoms with Crippen LogP contribution in [0.15, 0.2) is 6.20 Å². The van der Waals surface area contributed by atoms with Gasteiger partial charge in [0, 0.05) is 13.2 Å². The molecule has 1 heterocycles. The van der Waals surface area contributed by atoms with E-state index < -0.39 is 3.79 Å². The highest BCUT2D eigenvalue weighted by atomic mass is 35.6. The number of halogens is 3. The topological polar surface area (TPSA) is 17.8 Å². The van der Waals surface area contributed by atoms with Gasteiger partial charge in [0.1, 0.15) is 5.69 Å². The van der Waals surface area contributed by atoms with E-state index in [0.29, 0.717) is 5.69 Å². The number of hydrogen-bond acceptors (Lipinski definition) is 1. The fourth-order valence-corrected chi connectivity index (χ4v) is 1.51. The predicted octanol–water partition coefficient (Wildman–Crippen LogP) is 2.81. The Kier molecular flexibility index (Phi) is 2.92. The number of hydrogen-bond donors (Lipinski definition) is 0. The van der Waals surface area contributed by atoms with Gasteiger partial charge in [0.25, 0.3) is 0 Å². The first-order valence-corrected chi connectivity index (χ1v) is 4.68. The first-order valence-electron chi connectivity index (χ1n) is 3.55. The Morgan fingerprint density at radius 3 is 2.42 bits per heavy atom. The van der Waals surface area contributed by atoms with Gasteiger partial charge in [0.15, 0.2) is 0 Å². The molecule has 0 fully saturated rings. The second-order valence-corrected chi connectivity index (χ2v) is 4.81. The Hall–Kier alpha value is 0.0800. The van der Waals surface area contributed by atoms with Crippen molar-refractivity contribution in [3.63, 3.8) is 0 Å². The molecule has 0 aliphatic heterocycles. The summed E-state index contributed by atoms with van der Waals surface area (Å²) in [5.41, 5.74) is 1.50. The van der Waals surface area contributed by atoms with E-state index in [0.717, 1.165) is 12.0 Å². The zero-order valence-corrected chi connectivity index (χ0v) is 9.08. The van der Waals surface area contributed by atoms with Gasteiger partial charge in [-0.3, -0.25) is 4.68 Å². The highest BCUT2D eigenvalue weighted by Crippen LogP contribution is 2.38. The summed E-state index contributed by atoms with van der Waals surface area (Å²) in [6.45, 7) is 2.00. The average molecular weight is 228 g/mol. The van der Waals surface area contributed by atoms with Gasteiger partial charge in [-0.05, 0) is 12.0 Å². The van der Waals surface area contributed by atoms with Crippen LogP contribution in [0.5, 0.6) is 0 Å². The molecule has 2 nitrogen and oxygen atoms in total. The first-order chi connectivity index (χ1) is 5.45. The lowest BCUT2D eigenvalue weighted by atomic mass is 10.2. The average Bonchev–Trinajstić information content (AvgIpc) is 2.29. The van der Waals surface area contributed by atoms with Crippen molar-refractivity contribution in [3.05, 3.63) is 17.5 Å². The first kappa shape index (κ1) is 10.2. The van der Waals surface area contributed by atoms with Gasteiger partial charge in [0.2, 0.25) is 3.79 Å². The van der Waals surface area contributed by atoms with Gasteiger partial charge in [0.05, 0.1) is 0 Å². The molecule has 0 bridgehead atoms. The van der Waals surface area contributed by atoms with Gasteiger partial charge in [-0.2, -0.15) is 5.10 Å². The molecule has 68 valence electrons. The van der Waals surface area contributed by atoms with Gasteiger partial charge < -0.3 is 0 Å². The van der Waals surface area contributed by atoms with E-state index >= 15 is 0 Å². The monoisotopic (exact) mass is 226 g/mol. The Balaban J connectivity index is 3.13. The Morgan fingerprint density at radius 2 is 2.08 bits per heavy atom. The van der Waals surface area contributed by atoms with Crippen molar-refractivity contribution < 1.29 is 0 Å². The normalized spacial score (nSPS) is 12.1.